The third-order valence-electron chi connectivity index (χ3n) is 8.30. The van der Waals surface area contributed by atoms with Crippen LogP contribution in [0.5, 0.6) is 23.0 Å². The predicted octanol–water partition coefficient (Wildman–Crippen LogP) is 10.2. The Morgan fingerprint density at radius 2 is 0.620 bits per heavy atom. The summed E-state index contributed by atoms with van der Waals surface area (Å²) in [5, 5.41) is 19.0. The number of esters is 2. The molecule has 0 bridgehead atoms. The van der Waals surface area contributed by atoms with Crippen molar-refractivity contribution < 1.29 is 29.3 Å². The molecule has 50 heavy (non-hydrogen) atoms. The lowest BCUT2D eigenvalue weighted by Crippen LogP contribution is -2.08. The smallest absolute Gasteiger partial charge is 0.343 e. The first kappa shape index (κ1) is 31.7. The van der Waals surface area contributed by atoms with Crippen molar-refractivity contribution in [2.24, 2.45) is 0 Å². The normalized spacial score (nSPS) is 10.7. The highest BCUT2D eigenvalue weighted by atomic mass is 16.5. The number of carbonyl (C=O) groups is 2. The highest BCUT2D eigenvalue weighted by Gasteiger charge is 2.12. The Balaban J connectivity index is 0.968. The standard InChI is InChI=1S/C44H30O6/c45-39-20-12-31(13-21-39)29-4-8-35(9-5-29)43(47)49-41-24-16-33(17-25-41)37-2-1-3-38(28-37)34-18-26-42(27-19-34)50-44(48)36-10-6-30(7-11-36)32-14-22-40(46)23-15-32/h1-28,45-46H. The van der Waals surface area contributed by atoms with Crippen LogP contribution < -0.4 is 9.47 Å². The summed E-state index contributed by atoms with van der Waals surface area (Å²) in [6.45, 7) is 0. The number of phenolic OH excluding ortho intramolecular Hbond substituents is 2. The zero-order chi connectivity index (χ0) is 34.5. The van der Waals surface area contributed by atoms with Crippen molar-refractivity contribution in [1.29, 1.82) is 0 Å². The Labute approximate surface area is 289 Å². The Bertz CT molecular complexity index is 2090. The van der Waals surface area contributed by atoms with E-state index in [-0.39, 0.29) is 11.5 Å². The number of hydrogen-bond acceptors (Lipinski definition) is 6. The second-order valence-electron chi connectivity index (χ2n) is 11.7. The van der Waals surface area contributed by atoms with Crippen molar-refractivity contribution >= 4 is 11.9 Å². The number of hydrogen-bond donors (Lipinski definition) is 2. The molecule has 0 radical (unpaired) electrons. The Kier molecular flexibility index (Phi) is 8.90. The van der Waals surface area contributed by atoms with Crippen LogP contribution in [0.15, 0.2) is 170 Å². The highest BCUT2D eigenvalue weighted by Crippen LogP contribution is 2.30. The lowest BCUT2D eigenvalue weighted by atomic mass is 9.99. The van der Waals surface area contributed by atoms with Crippen molar-refractivity contribution in [2.45, 2.75) is 0 Å². The number of aromatic hydroxyl groups is 2. The molecule has 6 heteroatoms. The average molecular weight is 655 g/mol. The van der Waals surface area contributed by atoms with E-state index in [4.69, 9.17) is 9.47 Å². The van der Waals surface area contributed by atoms with E-state index < -0.39 is 11.9 Å². The lowest BCUT2D eigenvalue weighted by Gasteiger charge is -2.09. The first-order valence-corrected chi connectivity index (χ1v) is 15.9. The average Bonchev–Trinajstić information content (AvgIpc) is 3.16. The molecule has 0 aliphatic rings. The fourth-order valence-electron chi connectivity index (χ4n) is 5.55. The second-order valence-corrected chi connectivity index (χ2v) is 11.7. The van der Waals surface area contributed by atoms with Crippen molar-refractivity contribution in [3.63, 3.8) is 0 Å². The van der Waals surface area contributed by atoms with Crippen LogP contribution in [0.4, 0.5) is 0 Å². The highest BCUT2D eigenvalue weighted by molar-refractivity contribution is 5.92. The minimum absolute atomic E-state index is 0.201. The molecule has 0 unspecified atom stereocenters. The fourth-order valence-corrected chi connectivity index (χ4v) is 5.55. The van der Waals surface area contributed by atoms with Gasteiger partial charge in [-0.05, 0) is 123 Å². The van der Waals surface area contributed by atoms with Crippen molar-refractivity contribution in [1.82, 2.24) is 0 Å². The maximum atomic E-state index is 12.8. The fraction of sp³-hybridized carbons (Fsp3) is 0. The summed E-state index contributed by atoms with van der Waals surface area (Å²) in [5.41, 5.74) is 8.53. The molecule has 0 heterocycles. The maximum Gasteiger partial charge on any atom is 0.343 e. The van der Waals surface area contributed by atoms with Gasteiger partial charge in [-0.1, -0.05) is 91.0 Å². The van der Waals surface area contributed by atoms with Crippen LogP contribution in [0.3, 0.4) is 0 Å². The molecule has 0 atom stereocenters. The van der Waals surface area contributed by atoms with E-state index in [1.165, 1.54) is 0 Å². The summed E-state index contributed by atoms with van der Waals surface area (Å²) in [7, 11) is 0. The number of carbonyl (C=O) groups excluding carboxylic acids is 2. The quantitative estimate of drug-likeness (QED) is 0.125. The van der Waals surface area contributed by atoms with Crippen LogP contribution in [0.1, 0.15) is 20.7 Å². The summed E-state index contributed by atoms with van der Waals surface area (Å²) in [5.74, 6) is 0.385. The molecular weight excluding hydrogens is 624 g/mol. The van der Waals surface area contributed by atoms with Gasteiger partial charge >= 0.3 is 11.9 Å². The molecule has 0 aliphatic carbocycles. The Morgan fingerprint density at radius 3 is 0.960 bits per heavy atom. The Hall–Kier alpha value is -6.92. The molecule has 0 amide bonds. The molecule has 6 nitrogen and oxygen atoms in total. The van der Waals surface area contributed by atoms with Gasteiger partial charge in [0, 0.05) is 0 Å². The van der Waals surface area contributed by atoms with Gasteiger partial charge in [0.2, 0.25) is 0 Å². The van der Waals surface area contributed by atoms with Gasteiger partial charge in [-0.25, -0.2) is 9.59 Å². The van der Waals surface area contributed by atoms with E-state index in [1.54, 1.807) is 72.8 Å². The van der Waals surface area contributed by atoms with Crippen LogP contribution in [0.25, 0.3) is 44.5 Å². The second kappa shape index (κ2) is 14.1. The zero-order valence-corrected chi connectivity index (χ0v) is 26.7. The third-order valence-corrected chi connectivity index (χ3v) is 8.30. The van der Waals surface area contributed by atoms with Crippen LogP contribution in [0.2, 0.25) is 0 Å². The summed E-state index contributed by atoms with van der Waals surface area (Å²) < 4.78 is 11.2. The summed E-state index contributed by atoms with van der Waals surface area (Å²) in [6, 6.07) is 50.9. The van der Waals surface area contributed by atoms with E-state index in [0.717, 1.165) is 44.5 Å². The molecule has 0 saturated carbocycles. The Morgan fingerprint density at radius 1 is 0.340 bits per heavy atom. The molecule has 7 aromatic rings. The molecule has 0 aliphatic heterocycles. The minimum atomic E-state index is -0.449. The van der Waals surface area contributed by atoms with E-state index >= 15 is 0 Å². The van der Waals surface area contributed by atoms with Gasteiger partial charge < -0.3 is 19.7 Å². The number of benzene rings is 7. The van der Waals surface area contributed by atoms with Gasteiger partial charge in [-0.15, -0.1) is 0 Å². The van der Waals surface area contributed by atoms with Crippen LogP contribution in [-0.2, 0) is 0 Å². The van der Waals surface area contributed by atoms with Crippen molar-refractivity contribution in [3.05, 3.63) is 181 Å². The number of phenols is 2. The molecule has 7 aromatic carbocycles. The van der Waals surface area contributed by atoms with E-state index in [0.29, 0.717) is 22.6 Å². The first-order chi connectivity index (χ1) is 24.4. The molecule has 7 rings (SSSR count). The molecular formula is C44H30O6. The molecule has 242 valence electrons. The molecule has 0 spiro atoms. The van der Waals surface area contributed by atoms with Gasteiger partial charge in [0.05, 0.1) is 11.1 Å². The maximum absolute atomic E-state index is 12.8. The van der Waals surface area contributed by atoms with Crippen LogP contribution >= 0.6 is 0 Å². The van der Waals surface area contributed by atoms with E-state index in [9.17, 15) is 19.8 Å². The van der Waals surface area contributed by atoms with Gasteiger partial charge in [0.25, 0.3) is 0 Å². The van der Waals surface area contributed by atoms with E-state index in [1.807, 2.05) is 91.0 Å². The first-order valence-electron chi connectivity index (χ1n) is 15.9. The molecule has 0 aromatic heterocycles. The van der Waals surface area contributed by atoms with Crippen LogP contribution in [-0.4, -0.2) is 22.2 Å². The lowest BCUT2D eigenvalue weighted by molar-refractivity contribution is 0.0725. The summed E-state index contributed by atoms with van der Waals surface area (Å²) >= 11 is 0. The van der Waals surface area contributed by atoms with Crippen LogP contribution in [0, 0.1) is 0 Å². The molecule has 0 saturated heterocycles. The molecule has 0 fully saturated rings. The monoisotopic (exact) mass is 654 g/mol. The largest absolute Gasteiger partial charge is 0.508 e. The summed E-state index contributed by atoms with van der Waals surface area (Å²) in [4.78, 5) is 25.6. The van der Waals surface area contributed by atoms with Gasteiger partial charge in [0.15, 0.2) is 0 Å². The summed E-state index contributed by atoms with van der Waals surface area (Å²) in [6.07, 6.45) is 0. The SMILES string of the molecule is O=C(Oc1ccc(-c2cccc(-c3ccc(OC(=O)c4ccc(-c5ccc(O)cc5)cc4)cc3)c2)cc1)c1ccc(-c2ccc(O)cc2)cc1. The topological polar surface area (TPSA) is 93.1 Å². The number of ether oxygens (including phenoxy) is 2. The van der Waals surface area contributed by atoms with Crippen molar-refractivity contribution in [2.75, 3.05) is 0 Å². The van der Waals surface area contributed by atoms with Gasteiger partial charge in [-0.2, -0.15) is 0 Å². The van der Waals surface area contributed by atoms with Gasteiger partial charge in [-0.3, -0.25) is 0 Å². The number of rotatable bonds is 8. The van der Waals surface area contributed by atoms with E-state index in [2.05, 4.69) is 6.07 Å². The van der Waals surface area contributed by atoms with Crippen molar-refractivity contribution in [3.8, 4) is 67.5 Å². The zero-order valence-electron chi connectivity index (χ0n) is 26.7. The third kappa shape index (κ3) is 7.30. The minimum Gasteiger partial charge on any atom is -0.508 e. The molecule has 2 N–H and O–H groups in total. The van der Waals surface area contributed by atoms with Gasteiger partial charge in [0.1, 0.15) is 23.0 Å². The predicted molar refractivity (Wildman–Crippen MR) is 194 cm³/mol.